The van der Waals surface area contributed by atoms with E-state index in [0.29, 0.717) is 30.8 Å². The minimum Gasteiger partial charge on any atom is -0.486 e. The summed E-state index contributed by atoms with van der Waals surface area (Å²) >= 11 is 0. The van der Waals surface area contributed by atoms with Gasteiger partial charge in [-0.2, -0.15) is 0 Å². The van der Waals surface area contributed by atoms with Crippen molar-refractivity contribution < 1.29 is 28.0 Å². The molecule has 310 valence electrons. The van der Waals surface area contributed by atoms with E-state index < -0.39 is 25.6 Å². The quantitative estimate of drug-likeness (QED) is 0.0550. The second-order valence-corrected chi connectivity index (χ2v) is 18.2. The molecule has 4 aromatic rings. The van der Waals surface area contributed by atoms with Crippen LogP contribution < -0.4 is 18.5 Å². The topological polar surface area (TPSA) is 55.4 Å². The Bertz CT molecular complexity index is 1790. The van der Waals surface area contributed by atoms with Crippen LogP contribution in [0.15, 0.2) is 103 Å². The molecule has 0 aromatic heterocycles. The fourth-order valence-corrected chi connectivity index (χ4v) is 7.86. The van der Waals surface area contributed by atoms with Gasteiger partial charge in [-0.25, -0.2) is 0 Å². The van der Waals surface area contributed by atoms with Gasteiger partial charge in [0, 0.05) is 5.56 Å². The second-order valence-electron chi connectivity index (χ2n) is 16.2. The van der Waals surface area contributed by atoms with Crippen molar-refractivity contribution >= 4 is 13.9 Å². The predicted octanol–water partition coefficient (Wildman–Crippen LogP) is 14.8. The molecule has 4 aromatic carbocycles. The summed E-state index contributed by atoms with van der Waals surface area (Å²) in [6.45, 7) is 26.4. The van der Waals surface area contributed by atoms with Crippen LogP contribution in [-0.2, 0) is 9.47 Å². The SMILES string of the molecule is C/C=C(/C)c1ccccc1OCC(Oc1ccccc1C(C)CC)OC(C)(C)CCOC(C)(C)P(Oc1ccccc1C(C)CC)Oc1ccccc1C(C)CC. The summed E-state index contributed by atoms with van der Waals surface area (Å²) < 4.78 is 40.7. The summed E-state index contributed by atoms with van der Waals surface area (Å²) in [6, 6.07) is 33.0. The van der Waals surface area contributed by atoms with Crippen LogP contribution in [-0.4, -0.2) is 30.4 Å². The highest BCUT2D eigenvalue weighted by molar-refractivity contribution is 7.49. The van der Waals surface area contributed by atoms with Crippen LogP contribution in [0.4, 0.5) is 0 Å². The molecular weight excluding hydrogens is 728 g/mol. The number of para-hydroxylation sites is 4. The molecule has 0 heterocycles. The molecule has 7 heteroatoms. The smallest absolute Gasteiger partial charge is 0.324 e. The van der Waals surface area contributed by atoms with Crippen LogP contribution in [0.25, 0.3) is 5.57 Å². The lowest BCUT2D eigenvalue weighted by molar-refractivity contribution is -0.179. The summed E-state index contributed by atoms with van der Waals surface area (Å²) in [6.07, 6.45) is 5.01. The van der Waals surface area contributed by atoms with Crippen LogP contribution in [0, 0.1) is 0 Å². The summed E-state index contributed by atoms with van der Waals surface area (Å²) in [4.78, 5) is 0. The second kappa shape index (κ2) is 21.8. The molecule has 4 unspecified atom stereocenters. The summed E-state index contributed by atoms with van der Waals surface area (Å²) in [5, 5.41) is -0.779. The van der Waals surface area contributed by atoms with E-state index in [1.165, 1.54) is 11.1 Å². The van der Waals surface area contributed by atoms with Crippen LogP contribution in [0.2, 0.25) is 0 Å². The van der Waals surface area contributed by atoms with E-state index in [0.717, 1.165) is 59.0 Å². The molecule has 4 rings (SSSR count). The maximum atomic E-state index is 6.91. The molecule has 0 saturated carbocycles. The molecule has 4 atom stereocenters. The van der Waals surface area contributed by atoms with Crippen molar-refractivity contribution in [2.24, 2.45) is 0 Å². The van der Waals surface area contributed by atoms with Crippen LogP contribution in [0.3, 0.4) is 0 Å². The zero-order valence-electron chi connectivity index (χ0n) is 36.8. The molecule has 0 bridgehead atoms. The average molecular weight is 797 g/mol. The van der Waals surface area contributed by atoms with E-state index in [1.807, 2.05) is 61.5 Å². The highest BCUT2D eigenvalue weighted by Crippen LogP contribution is 2.54. The summed E-state index contributed by atoms with van der Waals surface area (Å²) in [5.74, 6) is 4.28. The lowest BCUT2D eigenvalue weighted by Gasteiger charge is -2.36. The number of benzene rings is 4. The first kappa shape index (κ1) is 45.9. The fourth-order valence-electron chi connectivity index (χ4n) is 6.49. The Morgan fingerprint density at radius 1 is 0.632 bits per heavy atom. The van der Waals surface area contributed by atoms with Crippen LogP contribution in [0.5, 0.6) is 23.0 Å². The Balaban J connectivity index is 1.57. The third-order valence-electron chi connectivity index (χ3n) is 11.0. The molecule has 0 spiro atoms. The molecule has 0 aliphatic heterocycles. The maximum absolute atomic E-state index is 6.91. The molecule has 57 heavy (non-hydrogen) atoms. The van der Waals surface area contributed by atoms with E-state index >= 15 is 0 Å². The number of hydrogen-bond donors (Lipinski definition) is 0. The van der Waals surface area contributed by atoms with E-state index in [9.17, 15) is 0 Å². The molecular formula is C50H69O6P. The molecule has 0 aliphatic carbocycles. The largest absolute Gasteiger partial charge is 0.486 e. The van der Waals surface area contributed by atoms with Gasteiger partial charge >= 0.3 is 8.38 Å². The van der Waals surface area contributed by atoms with E-state index in [4.69, 9.17) is 28.0 Å². The zero-order chi connectivity index (χ0) is 41.6. The Labute approximate surface area is 346 Å². The van der Waals surface area contributed by atoms with Crippen molar-refractivity contribution in [1.29, 1.82) is 0 Å². The standard InChI is InChI=1S/C50H69O6P/c1-13-36(5)40-25-17-21-29-44(40)51-35-48(53-45-30-22-18-26-41(45)37(6)14-2)54-49(9,10)33-34-52-50(11,12)57(55-46-31-23-19-27-42(46)38(7)15-3)56-47-32-24-20-28-43(47)39(8)16-4/h13,17-32,37-39,48H,14-16,33-35H2,1-12H3/b36-13-. The average Bonchev–Trinajstić information content (AvgIpc) is 3.21. The van der Waals surface area contributed by atoms with Crippen molar-refractivity contribution in [1.82, 2.24) is 0 Å². The van der Waals surface area contributed by atoms with Gasteiger partial charge in [0.1, 0.15) is 23.0 Å². The molecule has 6 nitrogen and oxygen atoms in total. The Kier molecular flexibility index (Phi) is 17.5. The van der Waals surface area contributed by atoms with E-state index in [-0.39, 0.29) is 6.61 Å². The van der Waals surface area contributed by atoms with E-state index in [1.54, 1.807) is 0 Å². The fraction of sp³-hybridized carbons (Fsp3) is 0.480. The Morgan fingerprint density at radius 2 is 1.07 bits per heavy atom. The third-order valence-corrected chi connectivity index (χ3v) is 12.7. The monoisotopic (exact) mass is 796 g/mol. The number of rotatable bonds is 23. The van der Waals surface area contributed by atoms with Gasteiger partial charge in [-0.05, 0) is 132 Å². The lowest BCUT2D eigenvalue weighted by Crippen LogP contribution is -2.39. The summed E-state index contributed by atoms with van der Waals surface area (Å²) in [7, 11) is -1.61. The van der Waals surface area contributed by atoms with Crippen molar-refractivity contribution in [3.8, 4) is 23.0 Å². The van der Waals surface area contributed by atoms with Gasteiger partial charge in [-0.3, -0.25) is 0 Å². The van der Waals surface area contributed by atoms with Gasteiger partial charge in [0.05, 0.1) is 12.2 Å². The molecule has 0 radical (unpaired) electrons. The maximum Gasteiger partial charge on any atom is 0.324 e. The minimum atomic E-state index is -1.61. The zero-order valence-corrected chi connectivity index (χ0v) is 37.7. The molecule has 0 amide bonds. The van der Waals surface area contributed by atoms with E-state index in [2.05, 4.69) is 125 Å². The predicted molar refractivity (Wildman–Crippen MR) is 239 cm³/mol. The van der Waals surface area contributed by atoms with Gasteiger partial charge in [0.2, 0.25) is 6.29 Å². The normalized spacial score (nSPS) is 15.0. The van der Waals surface area contributed by atoms with Crippen molar-refractivity contribution in [2.45, 2.75) is 144 Å². The first-order chi connectivity index (χ1) is 27.2. The Hall–Kier alpha value is -3.83. The number of hydrogen-bond acceptors (Lipinski definition) is 6. The highest BCUT2D eigenvalue weighted by atomic mass is 31.2. The molecule has 0 fully saturated rings. The minimum absolute atomic E-state index is 0.205. The van der Waals surface area contributed by atoms with Gasteiger partial charge in [-0.1, -0.05) is 120 Å². The van der Waals surface area contributed by atoms with Gasteiger partial charge in [0.25, 0.3) is 0 Å². The molecule has 0 N–H and O–H groups in total. The van der Waals surface area contributed by atoms with Crippen molar-refractivity contribution in [3.63, 3.8) is 0 Å². The van der Waals surface area contributed by atoms with Crippen LogP contribution in [0.1, 0.15) is 149 Å². The van der Waals surface area contributed by atoms with Crippen LogP contribution >= 0.6 is 8.38 Å². The molecule has 0 saturated heterocycles. The van der Waals surface area contributed by atoms with Crippen molar-refractivity contribution in [3.05, 3.63) is 125 Å². The lowest BCUT2D eigenvalue weighted by atomic mass is 9.98. The highest BCUT2D eigenvalue weighted by Gasteiger charge is 2.39. The first-order valence-corrected chi connectivity index (χ1v) is 22.2. The van der Waals surface area contributed by atoms with Crippen molar-refractivity contribution in [2.75, 3.05) is 13.2 Å². The Morgan fingerprint density at radius 3 is 1.56 bits per heavy atom. The third kappa shape index (κ3) is 13.1. The number of ether oxygens (including phenoxy) is 4. The summed E-state index contributed by atoms with van der Waals surface area (Å²) in [5.41, 5.74) is 5.05. The van der Waals surface area contributed by atoms with Gasteiger partial charge in [-0.15, -0.1) is 0 Å². The number of allylic oxidation sites excluding steroid dienone is 2. The molecule has 0 aliphatic rings. The first-order valence-electron chi connectivity index (χ1n) is 21.0. The van der Waals surface area contributed by atoms with Gasteiger partial charge < -0.3 is 28.0 Å². The van der Waals surface area contributed by atoms with Gasteiger partial charge in [0.15, 0.2) is 11.9 Å².